The predicted octanol–water partition coefficient (Wildman–Crippen LogP) is -0.0377. The van der Waals surface area contributed by atoms with Crippen molar-refractivity contribution in [1.29, 1.82) is 0 Å². The molecule has 0 saturated carbocycles. The van der Waals surface area contributed by atoms with Gasteiger partial charge in [0.1, 0.15) is 4.21 Å². The number of hydrogen-bond acceptors (Lipinski definition) is 6. The molecule has 0 aliphatic rings. The predicted molar refractivity (Wildman–Crippen MR) is 76.6 cm³/mol. The average molecular weight is 326 g/mol. The molecule has 6 nitrogen and oxygen atoms in total. The molecule has 1 rings (SSSR count). The molecule has 0 aliphatic carbocycles. The Morgan fingerprint density at radius 1 is 1.26 bits per heavy atom. The Labute approximate surface area is 118 Å². The maximum Gasteiger partial charge on any atom is 0.250 e. The first-order valence-electron chi connectivity index (χ1n) is 5.79. The third kappa shape index (κ3) is 5.19. The molecule has 0 saturated heterocycles. The number of sulfonamides is 1. The molecular formula is C10H18N2O4S3. The van der Waals surface area contributed by atoms with Crippen LogP contribution >= 0.6 is 11.3 Å². The number of hydrogen-bond donors (Lipinski definition) is 2. The molecule has 3 N–H and O–H groups in total. The quantitative estimate of drug-likeness (QED) is 0.697. The van der Waals surface area contributed by atoms with Crippen molar-refractivity contribution >= 4 is 31.2 Å². The van der Waals surface area contributed by atoms with Gasteiger partial charge in [0.25, 0.3) is 0 Å². The van der Waals surface area contributed by atoms with E-state index in [1.54, 1.807) is 6.07 Å². The van der Waals surface area contributed by atoms with Gasteiger partial charge < -0.3 is 5.73 Å². The molecule has 1 aromatic rings. The fourth-order valence-corrected chi connectivity index (χ4v) is 4.60. The Bertz CT molecular complexity index is 604. The second-order valence-electron chi connectivity index (χ2n) is 3.89. The summed E-state index contributed by atoms with van der Waals surface area (Å²) in [5.41, 5.74) is 5.40. The van der Waals surface area contributed by atoms with Crippen molar-refractivity contribution < 1.29 is 16.8 Å². The van der Waals surface area contributed by atoms with Crippen LogP contribution in [0.1, 0.15) is 11.8 Å². The second-order valence-corrected chi connectivity index (χ2v) is 9.53. The molecule has 0 atom stereocenters. The van der Waals surface area contributed by atoms with Gasteiger partial charge in [-0.15, -0.1) is 11.3 Å². The molecule has 0 bridgehead atoms. The highest BCUT2D eigenvalue weighted by atomic mass is 32.2. The summed E-state index contributed by atoms with van der Waals surface area (Å²) < 4.78 is 48.8. The van der Waals surface area contributed by atoms with Crippen molar-refractivity contribution in [2.45, 2.75) is 17.6 Å². The Morgan fingerprint density at radius 3 is 2.53 bits per heavy atom. The van der Waals surface area contributed by atoms with E-state index < -0.39 is 19.9 Å². The fraction of sp³-hybridized carbons (Fsp3) is 0.600. The van der Waals surface area contributed by atoms with Crippen LogP contribution < -0.4 is 10.5 Å². The van der Waals surface area contributed by atoms with Crippen LogP contribution in [0.4, 0.5) is 0 Å². The Morgan fingerprint density at radius 2 is 1.95 bits per heavy atom. The third-order valence-corrected chi connectivity index (χ3v) is 7.24. The van der Waals surface area contributed by atoms with E-state index in [0.29, 0.717) is 13.0 Å². The van der Waals surface area contributed by atoms with Gasteiger partial charge in [-0.05, 0) is 25.1 Å². The minimum absolute atomic E-state index is 0.00831. The highest BCUT2D eigenvalue weighted by Crippen LogP contribution is 2.21. The smallest absolute Gasteiger partial charge is 0.250 e. The molecule has 19 heavy (non-hydrogen) atoms. The normalized spacial score (nSPS) is 12.7. The van der Waals surface area contributed by atoms with Crippen molar-refractivity contribution in [3.63, 3.8) is 0 Å². The molecule has 0 fully saturated rings. The van der Waals surface area contributed by atoms with Crippen molar-refractivity contribution in [1.82, 2.24) is 4.72 Å². The first-order chi connectivity index (χ1) is 8.80. The van der Waals surface area contributed by atoms with Crippen LogP contribution in [0, 0.1) is 0 Å². The van der Waals surface area contributed by atoms with Crippen LogP contribution in [-0.2, 0) is 26.3 Å². The molecule has 110 valence electrons. The summed E-state index contributed by atoms with van der Waals surface area (Å²) in [6.45, 7) is 1.88. The van der Waals surface area contributed by atoms with E-state index >= 15 is 0 Å². The largest absolute Gasteiger partial charge is 0.330 e. The van der Waals surface area contributed by atoms with Gasteiger partial charge >= 0.3 is 0 Å². The van der Waals surface area contributed by atoms with Crippen LogP contribution in [0.15, 0.2) is 16.3 Å². The Hall–Kier alpha value is -0.480. The van der Waals surface area contributed by atoms with E-state index in [9.17, 15) is 16.8 Å². The average Bonchev–Trinajstić information content (AvgIpc) is 2.78. The molecule has 0 spiro atoms. The lowest BCUT2D eigenvalue weighted by Crippen LogP contribution is -2.29. The molecule has 1 heterocycles. The minimum Gasteiger partial charge on any atom is -0.330 e. The van der Waals surface area contributed by atoms with Gasteiger partial charge in [-0.25, -0.2) is 21.6 Å². The van der Waals surface area contributed by atoms with Crippen LogP contribution in [0.25, 0.3) is 0 Å². The van der Waals surface area contributed by atoms with Gasteiger partial charge in [-0.3, -0.25) is 0 Å². The summed E-state index contributed by atoms with van der Waals surface area (Å²) in [5.74, 6) is -0.182. The van der Waals surface area contributed by atoms with Crippen LogP contribution in [0.3, 0.4) is 0 Å². The van der Waals surface area contributed by atoms with Gasteiger partial charge in [0.15, 0.2) is 9.84 Å². The summed E-state index contributed by atoms with van der Waals surface area (Å²) in [6, 6.07) is 3.22. The topological polar surface area (TPSA) is 106 Å². The van der Waals surface area contributed by atoms with Gasteiger partial charge in [-0.2, -0.15) is 0 Å². The summed E-state index contributed by atoms with van der Waals surface area (Å²) >= 11 is 1.15. The zero-order chi connectivity index (χ0) is 14.5. The lowest BCUT2D eigenvalue weighted by atomic mass is 10.3. The zero-order valence-electron chi connectivity index (χ0n) is 10.6. The molecule has 0 aliphatic heterocycles. The van der Waals surface area contributed by atoms with Gasteiger partial charge in [0.05, 0.1) is 5.75 Å². The first kappa shape index (κ1) is 16.6. The van der Waals surface area contributed by atoms with Crippen LogP contribution in [-0.4, -0.2) is 41.4 Å². The lowest BCUT2D eigenvalue weighted by molar-refractivity contribution is 0.583. The summed E-state index contributed by atoms with van der Waals surface area (Å²) in [6.07, 6.45) is 0.629. The number of nitrogens with one attached hydrogen (secondary N) is 1. The highest BCUT2D eigenvalue weighted by Gasteiger charge is 2.17. The minimum atomic E-state index is -3.63. The van der Waals surface area contributed by atoms with Crippen molar-refractivity contribution in [2.75, 3.05) is 24.6 Å². The number of sulfone groups is 1. The Kier molecular flexibility index (Phi) is 5.93. The van der Waals surface area contributed by atoms with Crippen LogP contribution in [0.5, 0.6) is 0 Å². The zero-order valence-corrected chi connectivity index (χ0v) is 13.1. The Balaban J connectivity index is 2.65. The molecule has 1 aromatic heterocycles. The van der Waals surface area contributed by atoms with Crippen molar-refractivity contribution in [2.24, 2.45) is 5.73 Å². The molecule has 0 unspecified atom stereocenters. The van der Waals surface area contributed by atoms with E-state index in [-0.39, 0.29) is 22.3 Å². The molecular weight excluding hydrogens is 308 g/mol. The van der Waals surface area contributed by atoms with Crippen molar-refractivity contribution in [3.05, 3.63) is 17.0 Å². The van der Waals surface area contributed by atoms with E-state index in [2.05, 4.69) is 4.72 Å². The standard InChI is InChI=1S/C10H18N2O4S3/c1-2-18(13,14)8-7-12-19(15,16)10-4-3-9(17-10)5-6-11/h3-4,12H,2,5-8,11H2,1H3. The van der Waals surface area contributed by atoms with E-state index in [0.717, 1.165) is 16.2 Å². The lowest BCUT2D eigenvalue weighted by Gasteiger charge is -2.04. The van der Waals surface area contributed by atoms with Crippen LogP contribution in [0.2, 0.25) is 0 Å². The molecule has 9 heteroatoms. The maximum absolute atomic E-state index is 11.9. The maximum atomic E-state index is 11.9. The number of nitrogens with two attached hydrogens (primary N) is 1. The second kappa shape index (κ2) is 6.80. The van der Waals surface area contributed by atoms with Gasteiger partial charge in [-0.1, -0.05) is 6.92 Å². The summed E-state index contributed by atoms with van der Waals surface area (Å²) in [4.78, 5) is 0.893. The van der Waals surface area contributed by atoms with Crippen molar-refractivity contribution in [3.8, 4) is 0 Å². The molecule has 0 radical (unpaired) electrons. The van der Waals surface area contributed by atoms with E-state index in [1.165, 1.54) is 13.0 Å². The van der Waals surface area contributed by atoms with E-state index in [1.807, 2.05) is 0 Å². The third-order valence-electron chi connectivity index (χ3n) is 2.44. The SMILES string of the molecule is CCS(=O)(=O)CCNS(=O)(=O)c1ccc(CCN)s1. The molecule has 0 amide bonds. The fourth-order valence-electron chi connectivity index (χ4n) is 1.33. The highest BCUT2D eigenvalue weighted by molar-refractivity contribution is 7.92. The molecule has 0 aromatic carbocycles. The first-order valence-corrected chi connectivity index (χ1v) is 9.91. The van der Waals surface area contributed by atoms with E-state index in [4.69, 9.17) is 5.73 Å². The monoisotopic (exact) mass is 326 g/mol. The van der Waals surface area contributed by atoms with Gasteiger partial charge in [0.2, 0.25) is 10.0 Å². The summed E-state index contributed by atoms with van der Waals surface area (Å²) in [5, 5.41) is 0. The number of thiophene rings is 1. The summed E-state index contributed by atoms with van der Waals surface area (Å²) in [7, 11) is -6.79. The van der Waals surface area contributed by atoms with Gasteiger partial charge in [0, 0.05) is 17.2 Å². The number of rotatable bonds is 8.